The number of hydrogen-bond donors (Lipinski definition) is 1. The zero-order valence-electron chi connectivity index (χ0n) is 14.1. The first-order valence-corrected chi connectivity index (χ1v) is 8.12. The molecule has 140 valence electrons. The van der Waals surface area contributed by atoms with Crippen molar-refractivity contribution in [1.29, 1.82) is 0 Å². The number of hydrogen-bond acceptors (Lipinski definition) is 3. The lowest BCUT2D eigenvalue weighted by molar-refractivity contribution is -0.137. The van der Waals surface area contributed by atoms with Gasteiger partial charge in [-0.25, -0.2) is 0 Å². The zero-order valence-corrected chi connectivity index (χ0v) is 14.1. The Morgan fingerprint density at radius 1 is 1.00 bits per heavy atom. The van der Waals surface area contributed by atoms with E-state index in [-0.39, 0.29) is 18.9 Å². The van der Waals surface area contributed by atoms with Crippen LogP contribution in [0, 0.1) is 0 Å². The maximum Gasteiger partial charge on any atom is 0.416 e. The van der Waals surface area contributed by atoms with E-state index in [2.05, 4.69) is 5.32 Å². The van der Waals surface area contributed by atoms with Crippen LogP contribution in [-0.2, 0) is 19.3 Å². The van der Waals surface area contributed by atoms with E-state index in [0.717, 1.165) is 12.1 Å². The second-order valence-electron chi connectivity index (χ2n) is 5.75. The standard InChI is InChI=1S/C20H16F3NO3/c21-20(22,23)16-8-6-14(7-9-16)12-24-19(25)18-15(10-11-26-18)13-27-17-4-2-1-3-5-17/h1-11H,12-13H2,(H,24,25). The van der Waals surface area contributed by atoms with Gasteiger partial charge in [-0.05, 0) is 35.9 Å². The average molecular weight is 375 g/mol. The lowest BCUT2D eigenvalue weighted by atomic mass is 10.1. The molecular formula is C20H16F3NO3. The molecule has 0 bridgehead atoms. The molecule has 0 spiro atoms. The van der Waals surface area contributed by atoms with Crippen LogP contribution in [0.1, 0.15) is 27.2 Å². The summed E-state index contributed by atoms with van der Waals surface area (Å²) in [7, 11) is 0. The molecule has 1 amide bonds. The van der Waals surface area contributed by atoms with Crippen LogP contribution in [0.5, 0.6) is 5.75 Å². The largest absolute Gasteiger partial charge is 0.489 e. The lowest BCUT2D eigenvalue weighted by Crippen LogP contribution is -2.23. The van der Waals surface area contributed by atoms with Crippen LogP contribution in [0.15, 0.2) is 71.3 Å². The highest BCUT2D eigenvalue weighted by Crippen LogP contribution is 2.29. The SMILES string of the molecule is O=C(NCc1ccc(C(F)(F)F)cc1)c1occc1COc1ccccc1. The van der Waals surface area contributed by atoms with Crippen molar-refractivity contribution in [2.75, 3.05) is 0 Å². The molecule has 0 aliphatic carbocycles. The van der Waals surface area contributed by atoms with Crippen LogP contribution in [0.2, 0.25) is 0 Å². The van der Waals surface area contributed by atoms with E-state index < -0.39 is 17.6 Å². The summed E-state index contributed by atoms with van der Waals surface area (Å²) < 4.78 is 48.5. The topological polar surface area (TPSA) is 51.5 Å². The lowest BCUT2D eigenvalue weighted by Gasteiger charge is -2.09. The van der Waals surface area contributed by atoms with Gasteiger partial charge in [-0.15, -0.1) is 0 Å². The van der Waals surface area contributed by atoms with Crippen molar-refractivity contribution in [2.24, 2.45) is 0 Å². The molecule has 0 saturated carbocycles. The van der Waals surface area contributed by atoms with Gasteiger partial charge in [-0.3, -0.25) is 4.79 Å². The van der Waals surface area contributed by atoms with E-state index in [0.29, 0.717) is 16.9 Å². The van der Waals surface area contributed by atoms with Gasteiger partial charge in [0.05, 0.1) is 11.8 Å². The predicted octanol–water partition coefficient (Wildman–Crippen LogP) is 4.81. The summed E-state index contributed by atoms with van der Waals surface area (Å²) in [5.74, 6) is 0.305. The zero-order chi connectivity index (χ0) is 19.3. The first-order valence-electron chi connectivity index (χ1n) is 8.12. The van der Waals surface area contributed by atoms with Crippen molar-refractivity contribution in [3.05, 3.63) is 89.4 Å². The number of rotatable bonds is 6. The van der Waals surface area contributed by atoms with E-state index in [9.17, 15) is 18.0 Å². The number of furan rings is 1. The Kier molecular flexibility index (Phi) is 5.49. The summed E-state index contributed by atoms with van der Waals surface area (Å²) >= 11 is 0. The van der Waals surface area contributed by atoms with Crippen LogP contribution in [-0.4, -0.2) is 5.91 Å². The quantitative estimate of drug-likeness (QED) is 0.673. The van der Waals surface area contributed by atoms with E-state index in [4.69, 9.17) is 9.15 Å². The van der Waals surface area contributed by atoms with Crippen LogP contribution in [0.25, 0.3) is 0 Å². The van der Waals surface area contributed by atoms with Crippen molar-refractivity contribution in [3.8, 4) is 5.75 Å². The fourth-order valence-corrected chi connectivity index (χ4v) is 2.40. The van der Waals surface area contributed by atoms with Crippen molar-refractivity contribution < 1.29 is 27.1 Å². The Labute approximate surface area is 153 Å². The summed E-state index contributed by atoms with van der Waals surface area (Å²) in [6.45, 7) is 0.236. The number of amides is 1. The van der Waals surface area contributed by atoms with Crippen LogP contribution >= 0.6 is 0 Å². The summed E-state index contributed by atoms with van der Waals surface area (Å²) in [5, 5.41) is 2.63. The van der Waals surface area contributed by atoms with Gasteiger partial charge >= 0.3 is 6.18 Å². The van der Waals surface area contributed by atoms with Gasteiger partial charge in [-0.2, -0.15) is 13.2 Å². The predicted molar refractivity (Wildman–Crippen MR) is 92.1 cm³/mol. The molecule has 1 N–H and O–H groups in total. The Morgan fingerprint density at radius 3 is 2.37 bits per heavy atom. The van der Waals surface area contributed by atoms with Crippen molar-refractivity contribution >= 4 is 5.91 Å². The monoisotopic (exact) mass is 375 g/mol. The first-order chi connectivity index (χ1) is 12.9. The highest BCUT2D eigenvalue weighted by Gasteiger charge is 2.29. The van der Waals surface area contributed by atoms with Crippen LogP contribution < -0.4 is 10.1 Å². The van der Waals surface area contributed by atoms with E-state index in [1.54, 1.807) is 18.2 Å². The minimum Gasteiger partial charge on any atom is -0.489 e. The molecule has 3 aromatic rings. The Balaban J connectivity index is 1.58. The normalized spacial score (nSPS) is 11.2. The summed E-state index contributed by atoms with van der Waals surface area (Å²) in [5.41, 5.74) is 0.387. The van der Waals surface area contributed by atoms with E-state index in [1.165, 1.54) is 18.4 Å². The summed E-state index contributed by atoms with van der Waals surface area (Å²) in [4.78, 5) is 12.3. The second kappa shape index (κ2) is 7.99. The second-order valence-corrected chi connectivity index (χ2v) is 5.75. The highest BCUT2D eigenvalue weighted by atomic mass is 19.4. The molecule has 0 radical (unpaired) electrons. The number of carbonyl (C=O) groups is 1. The summed E-state index contributed by atoms with van der Waals surface area (Å²) in [6.07, 6.45) is -3.00. The van der Waals surface area contributed by atoms with Gasteiger partial charge in [0.25, 0.3) is 5.91 Å². The van der Waals surface area contributed by atoms with Gasteiger partial charge in [0.2, 0.25) is 0 Å². The van der Waals surface area contributed by atoms with Crippen molar-refractivity contribution in [1.82, 2.24) is 5.32 Å². The maximum absolute atomic E-state index is 12.6. The molecule has 4 nitrogen and oxygen atoms in total. The number of ether oxygens (including phenoxy) is 1. The first kappa shape index (κ1) is 18.6. The third kappa shape index (κ3) is 4.91. The van der Waals surface area contributed by atoms with Gasteiger partial charge < -0.3 is 14.5 Å². The Hall–Kier alpha value is -3.22. The van der Waals surface area contributed by atoms with Crippen LogP contribution in [0.3, 0.4) is 0 Å². The van der Waals surface area contributed by atoms with Gasteiger partial charge in [0, 0.05) is 12.1 Å². The molecule has 27 heavy (non-hydrogen) atoms. The molecule has 3 rings (SSSR count). The average Bonchev–Trinajstić information content (AvgIpc) is 3.13. The molecule has 0 aliphatic heterocycles. The fourth-order valence-electron chi connectivity index (χ4n) is 2.40. The van der Waals surface area contributed by atoms with Crippen molar-refractivity contribution in [3.63, 3.8) is 0 Å². The minimum atomic E-state index is -4.39. The number of nitrogens with one attached hydrogen (secondary N) is 1. The number of benzene rings is 2. The van der Waals surface area contributed by atoms with Crippen LogP contribution in [0.4, 0.5) is 13.2 Å². The molecule has 7 heteroatoms. The minimum absolute atomic E-state index is 0.0800. The van der Waals surface area contributed by atoms with E-state index in [1.807, 2.05) is 18.2 Å². The number of carbonyl (C=O) groups excluding carboxylic acids is 1. The third-order valence-electron chi connectivity index (χ3n) is 3.82. The molecule has 0 aliphatic rings. The Bertz CT molecular complexity index is 887. The van der Waals surface area contributed by atoms with E-state index >= 15 is 0 Å². The van der Waals surface area contributed by atoms with Crippen molar-refractivity contribution in [2.45, 2.75) is 19.3 Å². The summed E-state index contributed by atoms with van der Waals surface area (Å²) in [6, 6.07) is 15.4. The molecule has 0 atom stereocenters. The van der Waals surface area contributed by atoms with Gasteiger partial charge in [-0.1, -0.05) is 30.3 Å². The molecule has 0 saturated heterocycles. The molecule has 0 unspecified atom stereocenters. The fraction of sp³-hybridized carbons (Fsp3) is 0.150. The van der Waals surface area contributed by atoms with Gasteiger partial charge in [0.15, 0.2) is 5.76 Å². The number of alkyl halides is 3. The smallest absolute Gasteiger partial charge is 0.416 e. The molecule has 0 fully saturated rings. The molecule has 1 aromatic heterocycles. The Morgan fingerprint density at radius 2 is 1.70 bits per heavy atom. The molecule has 1 heterocycles. The molecular weight excluding hydrogens is 359 g/mol. The highest BCUT2D eigenvalue weighted by molar-refractivity contribution is 5.92. The van der Waals surface area contributed by atoms with Gasteiger partial charge in [0.1, 0.15) is 12.4 Å². The maximum atomic E-state index is 12.6. The number of para-hydroxylation sites is 1. The molecule has 2 aromatic carbocycles. The number of halogens is 3. The third-order valence-corrected chi connectivity index (χ3v) is 3.82.